The Morgan fingerprint density at radius 1 is 1.55 bits per heavy atom. The Kier molecular flexibility index (Phi) is 4.70. The molecule has 1 atom stereocenters. The van der Waals surface area contributed by atoms with E-state index in [4.69, 9.17) is 15.2 Å². The van der Waals surface area contributed by atoms with Crippen molar-refractivity contribution >= 4 is 31.6 Å². The number of nitrogens with two attached hydrogens (primary N) is 1. The molecule has 1 fully saturated rings. The largest absolute Gasteiger partial charge is 0.398 e. The van der Waals surface area contributed by atoms with Gasteiger partial charge in [0.25, 0.3) is 0 Å². The summed E-state index contributed by atoms with van der Waals surface area (Å²) in [7, 11) is -2.07. The summed E-state index contributed by atoms with van der Waals surface area (Å²) in [4.78, 5) is 0.128. The van der Waals surface area contributed by atoms with Crippen molar-refractivity contribution in [2.75, 3.05) is 32.6 Å². The van der Waals surface area contributed by atoms with E-state index in [1.807, 2.05) is 0 Å². The number of sulfonamides is 1. The monoisotopic (exact) mass is 364 g/mol. The fourth-order valence-electron chi connectivity index (χ4n) is 1.96. The van der Waals surface area contributed by atoms with Crippen LogP contribution in [0.5, 0.6) is 0 Å². The number of methoxy groups -OCH3 is 1. The molecule has 1 unspecified atom stereocenters. The van der Waals surface area contributed by atoms with Gasteiger partial charge in [-0.2, -0.15) is 0 Å². The molecule has 0 amide bonds. The summed E-state index contributed by atoms with van der Waals surface area (Å²) in [6.07, 6.45) is 0.661. The summed E-state index contributed by atoms with van der Waals surface area (Å²) < 4.78 is 38.3. The second-order valence-electron chi connectivity index (χ2n) is 4.70. The van der Waals surface area contributed by atoms with Crippen molar-refractivity contribution in [3.8, 4) is 0 Å². The van der Waals surface area contributed by atoms with Crippen LogP contribution in [0.1, 0.15) is 6.42 Å². The zero-order valence-electron chi connectivity index (χ0n) is 11.1. The minimum Gasteiger partial charge on any atom is -0.398 e. The number of halogens is 1. The molecule has 2 rings (SSSR count). The second kappa shape index (κ2) is 5.98. The van der Waals surface area contributed by atoms with Crippen LogP contribution in [0.3, 0.4) is 0 Å². The maximum Gasteiger partial charge on any atom is 0.240 e. The van der Waals surface area contributed by atoms with Crippen LogP contribution in [0.25, 0.3) is 0 Å². The topological polar surface area (TPSA) is 90.7 Å². The number of nitrogens with one attached hydrogen (secondary N) is 1. The molecule has 6 nitrogen and oxygen atoms in total. The van der Waals surface area contributed by atoms with Crippen molar-refractivity contribution in [2.45, 2.75) is 16.9 Å². The summed E-state index contributed by atoms with van der Waals surface area (Å²) in [5.41, 5.74) is 5.49. The Morgan fingerprint density at radius 3 is 2.85 bits per heavy atom. The van der Waals surface area contributed by atoms with Gasteiger partial charge in [-0.1, -0.05) is 0 Å². The molecule has 1 heterocycles. The van der Waals surface area contributed by atoms with E-state index in [9.17, 15) is 8.42 Å². The third-order valence-electron chi connectivity index (χ3n) is 3.36. The first-order chi connectivity index (χ1) is 9.38. The van der Waals surface area contributed by atoms with Crippen LogP contribution in [0.4, 0.5) is 5.69 Å². The molecule has 0 aliphatic carbocycles. The van der Waals surface area contributed by atoms with Gasteiger partial charge in [0.1, 0.15) is 5.60 Å². The predicted octanol–water partition coefficient (Wildman–Crippen LogP) is 1.12. The molecule has 1 aromatic carbocycles. The summed E-state index contributed by atoms with van der Waals surface area (Å²) in [5.74, 6) is 0. The number of rotatable bonds is 5. The highest BCUT2D eigenvalue weighted by molar-refractivity contribution is 9.10. The van der Waals surface area contributed by atoms with E-state index in [1.165, 1.54) is 12.1 Å². The molecule has 3 N–H and O–H groups in total. The van der Waals surface area contributed by atoms with E-state index in [2.05, 4.69) is 20.7 Å². The van der Waals surface area contributed by atoms with Crippen LogP contribution >= 0.6 is 15.9 Å². The van der Waals surface area contributed by atoms with Gasteiger partial charge in [0.2, 0.25) is 10.0 Å². The highest BCUT2D eigenvalue weighted by Gasteiger charge is 2.36. The lowest BCUT2D eigenvalue weighted by Gasteiger charge is -2.25. The Hall–Kier alpha value is -0.670. The summed E-state index contributed by atoms with van der Waals surface area (Å²) in [6, 6.07) is 4.51. The average Bonchev–Trinajstić information content (AvgIpc) is 2.89. The first-order valence-electron chi connectivity index (χ1n) is 6.06. The fourth-order valence-corrected chi connectivity index (χ4v) is 3.36. The minimum atomic E-state index is -3.62. The van der Waals surface area contributed by atoms with Gasteiger partial charge >= 0.3 is 0 Å². The number of nitrogen functional groups attached to an aromatic ring is 1. The van der Waals surface area contributed by atoms with E-state index >= 15 is 0 Å². The van der Waals surface area contributed by atoms with Crippen molar-refractivity contribution in [1.82, 2.24) is 4.72 Å². The van der Waals surface area contributed by atoms with Gasteiger partial charge in [0, 0.05) is 36.8 Å². The lowest BCUT2D eigenvalue weighted by molar-refractivity contribution is -0.0120. The molecule has 0 saturated carbocycles. The molecule has 1 aliphatic rings. The van der Waals surface area contributed by atoms with Crippen molar-refractivity contribution in [1.29, 1.82) is 0 Å². The molecule has 0 radical (unpaired) electrons. The van der Waals surface area contributed by atoms with Gasteiger partial charge in [-0.25, -0.2) is 13.1 Å². The van der Waals surface area contributed by atoms with Crippen molar-refractivity contribution in [3.63, 3.8) is 0 Å². The van der Waals surface area contributed by atoms with Gasteiger partial charge in [-0.15, -0.1) is 0 Å². The number of hydrogen-bond donors (Lipinski definition) is 2. The highest BCUT2D eigenvalue weighted by Crippen LogP contribution is 2.24. The number of hydrogen-bond acceptors (Lipinski definition) is 5. The van der Waals surface area contributed by atoms with Crippen molar-refractivity contribution < 1.29 is 17.9 Å². The van der Waals surface area contributed by atoms with Gasteiger partial charge in [-0.05, 0) is 34.1 Å². The lowest BCUT2D eigenvalue weighted by Crippen LogP contribution is -2.44. The Bertz CT molecular complexity index is 585. The smallest absolute Gasteiger partial charge is 0.240 e. The maximum atomic E-state index is 12.2. The normalized spacial score (nSPS) is 23.1. The molecular formula is C12H17BrN2O4S. The Balaban J connectivity index is 2.13. The van der Waals surface area contributed by atoms with Crippen LogP contribution in [0.15, 0.2) is 27.6 Å². The van der Waals surface area contributed by atoms with E-state index in [1.54, 1.807) is 13.2 Å². The molecule has 112 valence electrons. The quantitative estimate of drug-likeness (QED) is 0.763. The van der Waals surface area contributed by atoms with Crippen LogP contribution in [-0.2, 0) is 19.5 Å². The van der Waals surface area contributed by atoms with Crippen LogP contribution < -0.4 is 10.5 Å². The molecule has 0 spiro atoms. The minimum absolute atomic E-state index is 0.128. The Morgan fingerprint density at radius 2 is 2.30 bits per heavy atom. The molecule has 0 aromatic heterocycles. The van der Waals surface area contributed by atoms with Gasteiger partial charge in [0.15, 0.2) is 0 Å². The van der Waals surface area contributed by atoms with E-state index in [0.29, 0.717) is 29.8 Å². The molecule has 1 aromatic rings. The molecule has 1 aliphatic heterocycles. The van der Waals surface area contributed by atoms with Gasteiger partial charge < -0.3 is 15.2 Å². The first kappa shape index (κ1) is 15.7. The zero-order valence-corrected chi connectivity index (χ0v) is 13.5. The van der Waals surface area contributed by atoms with E-state index < -0.39 is 15.6 Å². The van der Waals surface area contributed by atoms with Crippen LogP contribution in [0.2, 0.25) is 0 Å². The standard InChI is InChI=1S/C12H17BrN2O4S/c1-18-12(4-5-19-8-12)7-15-20(16,17)9-2-3-10(13)11(14)6-9/h2-3,6,15H,4-5,7-8,14H2,1H3. The van der Waals surface area contributed by atoms with Gasteiger partial charge in [0.05, 0.1) is 11.5 Å². The highest BCUT2D eigenvalue weighted by atomic mass is 79.9. The molecular weight excluding hydrogens is 348 g/mol. The fraction of sp³-hybridized carbons (Fsp3) is 0.500. The maximum absolute atomic E-state index is 12.2. The van der Waals surface area contributed by atoms with E-state index in [0.717, 1.165) is 0 Å². The summed E-state index contributed by atoms with van der Waals surface area (Å²) in [6.45, 7) is 1.12. The SMILES string of the molecule is COC1(CNS(=O)(=O)c2ccc(Br)c(N)c2)CCOC1. The van der Waals surface area contributed by atoms with E-state index in [-0.39, 0.29) is 11.4 Å². The summed E-state index contributed by atoms with van der Waals surface area (Å²) in [5, 5.41) is 0. The predicted molar refractivity (Wildman–Crippen MR) is 78.9 cm³/mol. The van der Waals surface area contributed by atoms with Crippen molar-refractivity contribution in [3.05, 3.63) is 22.7 Å². The van der Waals surface area contributed by atoms with Crippen molar-refractivity contribution in [2.24, 2.45) is 0 Å². The molecule has 1 saturated heterocycles. The molecule has 20 heavy (non-hydrogen) atoms. The van der Waals surface area contributed by atoms with Crippen LogP contribution in [-0.4, -0.2) is 40.9 Å². The lowest BCUT2D eigenvalue weighted by atomic mass is 10.0. The molecule has 0 bridgehead atoms. The van der Waals surface area contributed by atoms with Gasteiger partial charge in [-0.3, -0.25) is 0 Å². The number of benzene rings is 1. The molecule has 8 heteroatoms. The average molecular weight is 365 g/mol. The number of anilines is 1. The Labute approximate surface area is 126 Å². The first-order valence-corrected chi connectivity index (χ1v) is 8.34. The second-order valence-corrected chi connectivity index (χ2v) is 7.32. The summed E-state index contributed by atoms with van der Waals surface area (Å²) >= 11 is 3.23. The third kappa shape index (κ3) is 3.32. The van der Waals surface area contributed by atoms with Crippen LogP contribution in [0, 0.1) is 0 Å². The third-order valence-corrected chi connectivity index (χ3v) is 5.48. The zero-order chi connectivity index (χ0) is 14.8. The number of ether oxygens (including phenoxy) is 2.